The summed E-state index contributed by atoms with van der Waals surface area (Å²) in [6.45, 7) is 0. The molecule has 1 atom stereocenters. The van der Waals surface area contributed by atoms with Crippen LogP contribution < -0.4 is 0 Å². The van der Waals surface area contributed by atoms with E-state index in [4.69, 9.17) is 0 Å². The van der Waals surface area contributed by atoms with Crippen molar-refractivity contribution in [3.63, 3.8) is 0 Å². The van der Waals surface area contributed by atoms with Crippen LogP contribution in [0.25, 0.3) is 0 Å². The van der Waals surface area contributed by atoms with Crippen LogP contribution in [0.2, 0.25) is 0 Å². The Kier molecular flexibility index (Phi) is 8.19. The van der Waals surface area contributed by atoms with E-state index in [1.807, 2.05) is 30.3 Å². The number of hydrogen-bond acceptors (Lipinski definition) is 4. The van der Waals surface area contributed by atoms with E-state index in [-0.39, 0.29) is 28.3 Å². The molecule has 0 aliphatic heterocycles. The smallest absolute Gasteiger partial charge is 0.270 e. The van der Waals surface area contributed by atoms with E-state index in [1.54, 1.807) is 24.3 Å². The van der Waals surface area contributed by atoms with Crippen molar-refractivity contribution in [3.05, 3.63) is 100 Å². The van der Waals surface area contributed by atoms with Crippen LogP contribution in [0.5, 0.6) is 0 Å². The number of nitro groups is 1. The summed E-state index contributed by atoms with van der Waals surface area (Å²) in [7, 11) is 0. The van der Waals surface area contributed by atoms with Gasteiger partial charge in [0.1, 0.15) is 6.29 Å². The molecule has 0 bridgehead atoms. The molecule has 0 saturated carbocycles. The average molecular weight is 377 g/mol. The molecule has 1 unspecified atom stereocenters. The first-order valence-corrected chi connectivity index (χ1v) is 7.25. The van der Waals surface area contributed by atoms with Gasteiger partial charge in [0.15, 0.2) is 5.78 Å². The van der Waals surface area contributed by atoms with E-state index in [9.17, 15) is 19.7 Å². The molecule has 0 amide bonds. The maximum Gasteiger partial charge on any atom is 0.270 e. The van der Waals surface area contributed by atoms with E-state index in [1.165, 1.54) is 24.3 Å². The fourth-order valence-corrected chi connectivity index (χ4v) is 2.16. The normalized spacial score (nSPS) is 10.6. The summed E-state index contributed by atoms with van der Waals surface area (Å²) >= 11 is 0. The quantitative estimate of drug-likeness (QED) is 0.129. The summed E-state index contributed by atoms with van der Waals surface area (Å²) in [6.07, 6.45) is 0.552. The third kappa shape index (κ3) is 5.64. The molecule has 3 aromatic carbocycles. The van der Waals surface area contributed by atoms with Crippen LogP contribution in [0.3, 0.4) is 0 Å². The van der Waals surface area contributed by atoms with Gasteiger partial charge in [0.05, 0.1) is 10.8 Å². The number of hydrogen-bond donors (Lipinski definition) is 0. The maximum absolute atomic E-state index is 12.2. The Hall–Kier alpha value is -2.82. The second kappa shape index (κ2) is 10.1. The van der Waals surface area contributed by atoms with E-state index in [0.717, 1.165) is 0 Å². The van der Waals surface area contributed by atoms with Crippen molar-refractivity contribution in [2.75, 3.05) is 0 Å². The molecule has 3 aromatic rings. The summed E-state index contributed by atoms with van der Waals surface area (Å²) in [5.41, 5.74) is 0.581. The van der Waals surface area contributed by atoms with Gasteiger partial charge in [-0.3, -0.25) is 14.9 Å². The number of benzene rings is 1. The number of nitrogens with zero attached hydrogens (tertiary/aromatic N) is 1. The number of carbonyl (C=O) groups is 2. The van der Waals surface area contributed by atoms with Crippen molar-refractivity contribution in [1.29, 1.82) is 0 Å². The van der Waals surface area contributed by atoms with Crippen LogP contribution in [0.15, 0.2) is 78.9 Å². The van der Waals surface area contributed by atoms with Gasteiger partial charge in [0.25, 0.3) is 5.69 Å². The molecule has 0 saturated heterocycles. The van der Waals surface area contributed by atoms with Crippen molar-refractivity contribution in [2.24, 2.45) is 0 Å². The summed E-state index contributed by atoms with van der Waals surface area (Å²) in [6, 6.07) is 22.2. The molecule has 0 spiro atoms. The molecule has 0 fully saturated rings. The number of aldehydes is 1. The first kappa shape index (κ1) is 20.2. The van der Waals surface area contributed by atoms with Gasteiger partial charge in [-0.05, 0) is 0 Å². The standard InChI is InChI=1S/C14H10NO4.C5H5.Fe/c16-9-13(10-4-1-2-5-10)14(17)11-6-3-7-12(8-11)15(18)19;1-2-4-5-3-1;/h1-9,13H;1-5H;/q-1;-5;. The number of Topliss-reactive ketones (excluding diaryl/α,β-unsaturated/α-hetero) is 1. The topological polar surface area (TPSA) is 77.3 Å². The minimum absolute atomic E-state index is 0. The molecule has 0 aromatic heterocycles. The zero-order valence-corrected chi connectivity index (χ0v) is 14.2. The number of carbonyl (C=O) groups excluding carboxylic acids is 2. The number of non-ortho nitro benzene ring substituents is 1. The van der Waals surface area contributed by atoms with Gasteiger partial charge in [-0.25, -0.2) is 12.1 Å². The van der Waals surface area contributed by atoms with Crippen molar-refractivity contribution >= 4 is 17.8 Å². The van der Waals surface area contributed by atoms with Crippen LogP contribution in [-0.4, -0.2) is 17.0 Å². The van der Waals surface area contributed by atoms with Crippen LogP contribution >= 0.6 is 0 Å². The predicted octanol–water partition coefficient (Wildman–Crippen LogP) is 3.88. The largest absolute Gasteiger partial charge is 0.748 e. The molecular weight excluding hydrogens is 362 g/mol. The van der Waals surface area contributed by atoms with Crippen molar-refractivity contribution in [2.45, 2.75) is 5.92 Å². The predicted molar refractivity (Wildman–Crippen MR) is 90.3 cm³/mol. The van der Waals surface area contributed by atoms with Crippen LogP contribution in [0.1, 0.15) is 21.8 Å². The summed E-state index contributed by atoms with van der Waals surface area (Å²) < 4.78 is 0. The van der Waals surface area contributed by atoms with Crippen LogP contribution in [-0.2, 0) is 21.9 Å². The molecule has 0 aliphatic rings. The maximum atomic E-state index is 12.2. The number of ketones is 1. The minimum Gasteiger partial charge on any atom is -0.748 e. The second-order valence-electron chi connectivity index (χ2n) is 4.97. The second-order valence-corrected chi connectivity index (χ2v) is 4.97. The fraction of sp³-hybridized carbons (Fsp3) is 0.0526. The molecule has 134 valence electrons. The Morgan fingerprint density at radius 3 is 2.12 bits per heavy atom. The first-order chi connectivity index (χ1) is 11.6. The summed E-state index contributed by atoms with van der Waals surface area (Å²) in [4.78, 5) is 33.4. The fourth-order valence-electron chi connectivity index (χ4n) is 2.16. The van der Waals surface area contributed by atoms with Crippen molar-refractivity contribution in [1.82, 2.24) is 0 Å². The monoisotopic (exact) mass is 377 g/mol. The Bertz CT molecular complexity index is 777. The van der Waals surface area contributed by atoms with Crippen LogP contribution in [0.4, 0.5) is 5.69 Å². The van der Waals surface area contributed by atoms with Crippen molar-refractivity contribution in [3.8, 4) is 0 Å². The first-order valence-electron chi connectivity index (χ1n) is 7.25. The van der Waals surface area contributed by atoms with E-state index >= 15 is 0 Å². The molecule has 0 aliphatic carbocycles. The Labute approximate surface area is 155 Å². The van der Waals surface area contributed by atoms with Crippen molar-refractivity contribution < 1.29 is 31.6 Å². The molecule has 0 N–H and O–H groups in total. The minimum atomic E-state index is -0.919. The Morgan fingerprint density at radius 1 is 1.08 bits per heavy atom. The molecular formula is C19H15FeNO4-6. The van der Waals surface area contributed by atoms with Gasteiger partial charge in [-0.2, -0.15) is 12.1 Å². The van der Waals surface area contributed by atoms with E-state index in [2.05, 4.69) is 0 Å². The zero-order valence-electron chi connectivity index (χ0n) is 13.1. The van der Waals surface area contributed by atoms with E-state index < -0.39 is 16.6 Å². The van der Waals surface area contributed by atoms with Gasteiger partial charge in [-0.1, -0.05) is 12.1 Å². The molecule has 6 heteroatoms. The molecule has 5 nitrogen and oxygen atoms in total. The SMILES string of the molecule is O=CC(C(=O)c1cccc([N+](=O)[O-])c1)[c-]1cccc1.[Fe].[cH-]1[cH-][cH-][cH-][cH-]1. The summed E-state index contributed by atoms with van der Waals surface area (Å²) in [5.74, 6) is -1.36. The zero-order chi connectivity index (χ0) is 17.4. The van der Waals surface area contributed by atoms with Crippen LogP contribution in [0, 0.1) is 10.1 Å². The van der Waals surface area contributed by atoms with E-state index in [0.29, 0.717) is 11.8 Å². The average Bonchev–Trinajstić information content (AvgIpc) is 3.32. The Balaban J connectivity index is 0.000000448. The molecule has 3 rings (SSSR count). The third-order valence-electron chi connectivity index (χ3n) is 3.36. The Morgan fingerprint density at radius 2 is 1.64 bits per heavy atom. The number of rotatable bonds is 5. The van der Waals surface area contributed by atoms with Gasteiger partial charge in [0, 0.05) is 34.8 Å². The summed E-state index contributed by atoms with van der Waals surface area (Å²) in [5, 5.41) is 10.7. The molecule has 0 radical (unpaired) electrons. The molecule has 0 heterocycles. The number of nitro benzene ring substituents is 1. The third-order valence-corrected chi connectivity index (χ3v) is 3.36. The van der Waals surface area contributed by atoms with Gasteiger partial charge in [-0.15, -0.1) is 5.56 Å². The van der Waals surface area contributed by atoms with Gasteiger partial charge < -0.3 is 35.1 Å². The van der Waals surface area contributed by atoms with Gasteiger partial charge in [0.2, 0.25) is 0 Å². The van der Waals surface area contributed by atoms with Gasteiger partial charge >= 0.3 is 0 Å². The molecule has 25 heavy (non-hydrogen) atoms.